The molecule has 0 radical (unpaired) electrons. The quantitative estimate of drug-likeness (QED) is 0.674. The van der Waals surface area contributed by atoms with Crippen molar-refractivity contribution >= 4 is 33.4 Å². The van der Waals surface area contributed by atoms with Crippen molar-refractivity contribution < 1.29 is 32.3 Å². The van der Waals surface area contributed by atoms with Crippen LogP contribution >= 0.6 is 0 Å². The number of ether oxygens (including phenoxy) is 2. The van der Waals surface area contributed by atoms with Gasteiger partial charge in [0.05, 0.1) is 22.9 Å². The van der Waals surface area contributed by atoms with Crippen LogP contribution in [0.5, 0.6) is 5.75 Å². The number of hydrogen-bond acceptors (Lipinski definition) is 7. The minimum Gasteiger partial charge on any atom is -0.482 e. The van der Waals surface area contributed by atoms with Crippen LogP contribution in [0.2, 0.25) is 0 Å². The topological polar surface area (TPSA) is 131 Å². The van der Waals surface area contributed by atoms with Gasteiger partial charge in [0.2, 0.25) is 5.91 Å². The lowest BCUT2D eigenvalue weighted by atomic mass is 10.1. The van der Waals surface area contributed by atoms with Gasteiger partial charge in [-0.05, 0) is 38.0 Å². The van der Waals surface area contributed by atoms with E-state index in [4.69, 9.17) is 9.47 Å². The van der Waals surface area contributed by atoms with E-state index in [0.29, 0.717) is 44.0 Å². The summed E-state index contributed by atoms with van der Waals surface area (Å²) in [6.07, 6.45) is 0.629. The molecule has 2 aliphatic rings. The first kappa shape index (κ1) is 21.9. The molecule has 2 N–H and O–H groups in total. The standard InChI is InChI=1S/C19H25N3O7S/c1-2-28-19(25)22-8-5-13(6-9-22)20-17(23)7-10-30(26,27)14-3-4-16-15(11-14)21-18(24)12-29-16/h3-4,11,13H,2,5-10,12H2,1H3,(H,20,23)(H,21,24). The first-order chi connectivity index (χ1) is 14.3. The monoisotopic (exact) mass is 439 g/mol. The molecular weight excluding hydrogens is 414 g/mol. The number of hydrogen-bond donors (Lipinski definition) is 2. The molecule has 30 heavy (non-hydrogen) atoms. The van der Waals surface area contributed by atoms with Crippen molar-refractivity contribution in [1.29, 1.82) is 0 Å². The number of amides is 3. The molecule has 0 aromatic heterocycles. The van der Waals surface area contributed by atoms with Gasteiger partial charge in [-0.15, -0.1) is 0 Å². The number of likely N-dealkylation sites (tertiary alicyclic amines) is 1. The predicted molar refractivity (Wildman–Crippen MR) is 107 cm³/mol. The zero-order chi connectivity index (χ0) is 21.7. The van der Waals surface area contributed by atoms with E-state index in [2.05, 4.69) is 10.6 Å². The van der Waals surface area contributed by atoms with Crippen LogP contribution in [0.3, 0.4) is 0 Å². The summed E-state index contributed by atoms with van der Waals surface area (Å²) in [6.45, 7) is 2.90. The normalized spacial score (nSPS) is 16.8. The lowest BCUT2D eigenvalue weighted by Gasteiger charge is -2.31. The fraction of sp³-hybridized carbons (Fsp3) is 0.526. The summed E-state index contributed by atoms with van der Waals surface area (Å²) in [5.74, 6) is -0.665. The van der Waals surface area contributed by atoms with Crippen molar-refractivity contribution in [3.63, 3.8) is 0 Å². The second-order valence-corrected chi connectivity index (χ2v) is 9.20. The molecule has 1 aromatic carbocycles. The molecule has 0 saturated carbocycles. The average Bonchev–Trinajstić information content (AvgIpc) is 2.72. The fourth-order valence-electron chi connectivity index (χ4n) is 3.32. The van der Waals surface area contributed by atoms with Gasteiger partial charge in [-0.1, -0.05) is 0 Å². The SMILES string of the molecule is CCOC(=O)N1CCC(NC(=O)CCS(=O)(=O)c2ccc3c(c2)NC(=O)CO3)CC1. The maximum Gasteiger partial charge on any atom is 0.409 e. The molecule has 0 unspecified atom stereocenters. The Morgan fingerprint density at radius 3 is 2.73 bits per heavy atom. The maximum atomic E-state index is 12.6. The number of sulfone groups is 1. The van der Waals surface area contributed by atoms with E-state index in [-0.39, 0.29) is 47.6 Å². The minimum atomic E-state index is -3.71. The Hall–Kier alpha value is -2.82. The number of benzene rings is 1. The molecule has 0 atom stereocenters. The predicted octanol–water partition coefficient (Wildman–Crippen LogP) is 0.918. The molecule has 3 amide bonds. The maximum absolute atomic E-state index is 12.6. The Kier molecular flexibility index (Phi) is 6.80. The smallest absolute Gasteiger partial charge is 0.409 e. The molecule has 2 aliphatic heterocycles. The molecule has 2 heterocycles. The highest BCUT2D eigenvalue weighted by atomic mass is 32.2. The first-order valence-corrected chi connectivity index (χ1v) is 11.4. The van der Waals surface area contributed by atoms with Crippen LogP contribution in [0.25, 0.3) is 0 Å². The van der Waals surface area contributed by atoms with Gasteiger partial charge < -0.3 is 25.0 Å². The number of nitrogens with zero attached hydrogens (tertiary/aromatic N) is 1. The van der Waals surface area contributed by atoms with Crippen molar-refractivity contribution in [3.8, 4) is 5.75 Å². The molecule has 1 fully saturated rings. The van der Waals surface area contributed by atoms with Crippen LogP contribution in [0.1, 0.15) is 26.2 Å². The summed E-state index contributed by atoms with van der Waals surface area (Å²) in [5.41, 5.74) is 0.296. The van der Waals surface area contributed by atoms with Crippen molar-refractivity contribution in [3.05, 3.63) is 18.2 Å². The van der Waals surface area contributed by atoms with Crippen LogP contribution in [-0.4, -0.2) is 69.3 Å². The fourth-order valence-corrected chi connectivity index (χ4v) is 4.58. The third-order valence-electron chi connectivity index (χ3n) is 4.93. The number of anilines is 1. The molecule has 164 valence electrons. The number of carbonyl (C=O) groups excluding carboxylic acids is 3. The van der Waals surface area contributed by atoms with E-state index in [1.807, 2.05) is 0 Å². The second-order valence-electron chi connectivity index (χ2n) is 7.09. The van der Waals surface area contributed by atoms with Crippen LogP contribution in [0, 0.1) is 0 Å². The molecule has 3 rings (SSSR count). The van der Waals surface area contributed by atoms with E-state index in [1.54, 1.807) is 11.8 Å². The van der Waals surface area contributed by atoms with Gasteiger partial charge in [0, 0.05) is 25.6 Å². The van der Waals surface area contributed by atoms with Crippen molar-refractivity contribution in [2.75, 3.05) is 37.4 Å². The Bertz CT molecular complexity index is 924. The van der Waals surface area contributed by atoms with Gasteiger partial charge in [0.25, 0.3) is 5.91 Å². The Morgan fingerprint density at radius 2 is 2.03 bits per heavy atom. The molecule has 10 nitrogen and oxygen atoms in total. The summed E-state index contributed by atoms with van der Waals surface area (Å²) in [7, 11) is -3.71. The van der Waals surface area contributed by atoms with Crippen LogP contribution in [-0.2, 0) is 24.2 Å². The zero-order valence-electron chi connectivity index (χ0n) is 16.7. The van der Waals surface area contributed by atoms with Gasteiger partial charge >= 0.3 is 6.09 Å². The Labute approximate surface area is 174 Å². The van der Waals surface area contributed by atoms with Gasteiger partial charge in [-0.25, -0.2) is 13.2 Å². The van der Waals surface area contributed by atoms with Crippen LogP contribution < -0.4 is 15.4 Å². The first-order valence-electron chi connectivity index (χ1n) is 9.79. The summed E-state index contributed by atoms with van der Waals surface area (Å²) >= 11 is 0. The van der Waals surface area contributed by atoms with Gasteiger partial charge in [0.15, 0.2) is 16.4 Å². The number of carbonyl (C=O) groups is 3. The van der Waals surface area contributed by atoms with E-state index in [0.717, 1.165) is 0 Å². The van der Waals surface area contributed by atoms with E-state index in [1.165, 1.54) is 18.2 Å². The van der Waals surface area contributed by atoms with Crippen molar-refractivity contribution in [2.45, 2.75) is 37.1 Å². The number of piperidine rings is 1. The Morgan fingerprint density at radius 1 is 1.30 bits per heavy atom. The molecule has 11 heteroatoms. The average molecular weight is 439 g/mol. The second kappa shape index (κ2) is 9.33. The third kappa shape index (κ3) is 5.41. The number of nitrogens with one attached hydrogen (secondary N) is 2. The lowest BCUT2D eigenvalue weighted by molar-refractivity contribution is -0.121. The molecule has 0 aliphatic carbocycles. The van der Waals surface area contributed by atoms with Crippen LogP contribution in [0.15, 0.2) is 23.1 Å². The number of fused-ring (bicyclic) bond motifs is 1. The molecule has 0 spiro atoms. The zero-order valence-corrected chi connectivity index (χ0v) is 17.5. The summed E-state index contributed by atoms with van der Waals surface area (Å²) in [5, 5.41) is 5.40. The van der Waals surface area contributed by atoms with Crippen molar-refractivity contribution in [2.24, 2.45) is 0 Å². The summed E-state index contributed by atoms with van der Waals surface area (Å²) in [6, 6.07) is 4.11. The van der Waals surface area contributed by atoms with Gasteiger partial charge in [0.1, 0.15) is 5.75 Å². The van der Waals surface area contributed by atoms with Crippen molar-refractivity contribution in [1.82, 2.24) is 10.2 Å². The highest BCUT2D eigenvalue weighted by Crippen LogP contribution is 2.30. The molecule has 1 saturated heterocycles. The largest absolute Gasteiger partial charge is 0.482 e. The highest BCUT2D eigenvalue weighted by Gasteiger charge is 2.26. The van der Waals surface area contributed by atoms with E-state index >= 15 is 0 Å². The van der Waals surface area contributed by atoms with E-state index < -0.39 is 9.84 Å². The number of rotatable bonds is 6. The lowest BCUT2D eigenvalue weighted by Crippen LogP contribution is -2.46. The molecular formula is C19H25N3O7S. The van der Waals surface area contributed by atoms with Gasteiger partial charge in [-0.2, -0.15) is 0 Å². The van der Waals surface area contributed by atoms with Gasteiger partial charge in [-0.3, -0.25) is 9.59 Å². The third-order valence-corrected chi connectivity index (χ3v) is 6.64. The minimum absolute atomic E-state index is 0.0163. The Balaban J connectivity index is 1.49. The van der Waals surface area contributed by atoms with E-state index in [9.17, 15) is 22.8 Å². The summed E-state index contributed by atoms with van der Waals surface area (Å²) < 4.78 is 35.3. The molecule has 1 aromatic rings. The highest BCUT2D eigenvalue weighted by molar-refractivity contribution is 7.91. The van der Waals surface area contributed by atoms with Crippen LogP contribution in [0.4, 0.5) is 10.5 Å². The summed E-state index contributed by atoms with van der Waals surface area (Å²) in [4.78, 5) is 36.9. The molecule has 0 bridgehead atoms.